The van der Waals surface area contributed by atoms with E-state index in [4.69, 9.17) is 10.5 Å². The third-order valence-electron chi connectivity index (χ3n) is 4.26. The van der Waals surface area contributed by atoms with Crippen molar-refractivity contribution in [2.24, 2.45) is 5.41 Å². The molecular formula is C16H20BrN3O. The van der Waals surface area contributed by atoms with Crippen molar-refractivity contribution in [3.63, 3.8) is 0 Å². The Morgan fingerprint density at radius 3 is 2.90 bits per heavy atom. The lowest BCUT2D eigenvalue weighted by Crippen LogP contribution is -2.33. The van der Waals surface area contributed by atoms with Gasteiger partial charge in [-0.1, -0.05) is 6.92 Å². The van der Waals surface area contributed by atoms with Crippen LogP contribution in [0.4, 0.5) is 11.4 Å². The highest BCUT2D eigenvalue weighted by atomic mass is 79.9. The fourth-order valence-corrected chi connectivity index (χ4v) is 3.04. The maximum Gasteiger partial charge on any atom is 0.0954 e. The molecule has 112 valence electrons. The maximum atomic E-state index is 6.05. The molecule has 1 saturated heterocycles. The standard InChI is InChI=1S/C16H20BrN3O/c1-16(4-6-21-7-5-16)10-20-14-3-2-13(18)12-8-11(17)9-19-15(12)14/h2-3,8-9,20H,4-7,10,18H2,1H3. The topological polar surface area (TPSA) is 60.2 Å². The number of ether oxygens (including phenoxy) is 1. The molecule has 0 atom stereocenters. The van der Waals surface area contributed by atoms with E-state index in [0.717, 1.165) is 59.4 Å². The number of fused-ring (bicyclic) bond motifs is 1. The van der Waals surface area contributed by atoms with Crippen molar-refractivity contribution in [1.29, 1.82) is 0 Å². The summed E-state index contributed by atoms with van der Waals surface area (Å²) in [5.41, 5.74) is 9.05. The number of anilines is 2. The Bertz CT molecular complexity index is 653. The smallest absolute Gasteiger partial charge is 0.0954 e. The summed E-state index contributed by atoms with van der Waals surface area (Å²) in [5.74, 6) is 0. The Hall–Kier alpha value is -1.33. The molecule has 3 N–H and O–H groups in total. The van der Waals surface area contributed by atoms with Crippen LogP contribution < -0.4 is 11.1 Å². The molecule has 1 aliphatic heterocycles. The van der Waals surface area contributed by atoms with Crippen LogP contribution in [0.3, 0.4) is 0 Å². The summed E-state index contributed by atoms with van der Waals surface area (Å²) in [6.07, 6.45) is 3.99. The molecule has 1 fully saturated rings. The summed E-state index contributed by atoms with van der Waals surface area (Å²) in [6, 6.07) is 5.96. The molecule has 1 aliphatic rings. The SMILES string of the molecule is CC1(CNc2ccc(N)c3cc(Br)cnc23)CCOCC1. The van der Waals surface area contributed by atoms with Gasteiger partial charge < -0.3 is 15.8 Å². The fraction of sp³-hybridized carbons (Fsp3) is 0.438. The highest BCUT2D eigenvalue weighted by Gasteiger charge is 2.27. The zero-order chi connectivity index (χ0) is 14.9. The lowest BCUT2D eigenvalue weighted by Gasteiger charge is -2.34. The van der Waals surface area contributed by atoms with Gasteiger partial charge in [-0.3, -0.25) is 4.98 Å². The molecule has 0 aliphatic carbocycles. The number of nitrogens with one attached hydrogen (secondary N) is 1. The molecule has 3 rings (SSSR count). The van der Waals surface area contributed by atoms with Crippen LogP contribution in [0.25, 0.3) is 10.9 Å². The van der Waals surface area contributed by atoms with Crippen LogP contribution in [0.1, 0.15) is 19.8 Å². The van der Waals surface area contributed by atoms with Crippen molar-refractivity contribution >= 4 is 38.2 Å². The van der Waals surface area contributed by atoms with E-state index in [1.165, 1.54) is 0 Å². The molecule has 0 bridgehead atoms. The normalized spacial score (nSPS) is 17.8. The number of nitrogens with two attached hydrogens (primary N) is 1. The van der Waals surface area contributed by atoms with E-state index in [1.807, 2.05) is 24.4 Å². The van der Waals surface area contributed by atoms with Crippen LogP contribution in [0, 0.1) is 5.41 Å². The van der Waals surface area contributed by atoms with E-state index in [9.17, 15) is 0 Å². The number of aromatic nitrogens is 1. The Morgan fingerprint density at radius 2 is 2.14 bits per heavy atom. The van der Waals surface area contributed by atoms with Crippen LogP contribution in [-0.2, 0) is 4.74 Å². The number of hydrogen-bond donors (Lipinski definition) is 2. The van der Waals surface area contributed by atoms with Crippen molar-refractivity contribution < 1.29 is 4.74 Å². The molecule has 21 heavy (non-hydrogen) atoms. The van der Waals surface area contributed by atoms with Gasteiger partial charge in [-0.15, -0.1) is 0 Å². The molecule has 2 aromatic rings. The Balaban J connectivity index is 1.85. The summed E-state index contributed by atoms with van der Waals surface area (Å²) in [6.45, 7) is 4.94. The lowest BCUT2D eigenvalue weighted by molar-refractivity contribution is 0.0300. The largest absolute Gasteiger partial charge is 0.398 e. The number of benzene rings is 1. The van der Waals surface area contributed by atoms with Crippen LogP contribution in [0.15, 0.2) is 28.9 Å². The predicted molar refractivity (Wildman–Crippen MR) is 90.5 cm³/mol. The first-order chi connectivity index (χ1) is 10.1. The average molecular weight is 350 g/mol. The molecule has 0 amide bonds. The van der Waals surface area contributed by atoms with Crippen LogP contribution in [0.2, 0.25) is 0 Å². The monoisotopic (exact) mass is 349 g/mol. The zero-order valence-corrected chi connectivity index (χ0v) is 13.7. The lowest BCUT2D eigenvalue weighted by atomic mass is 9.82. The number of hydrogen-bond acceptors (Lipinski definition) is 4. The summed E-state index contributed by atoms with van der Waals surface area (Å²) in [7, 11) is 0. The fourth-order valence-electron chi connectivity index (χ4n) is 2.71. The first-order valence-corrected chi connectivity index (χ1v) is 8.02. The Morgan fingerprint density at radius 1 is 1.38 bits per heavy atom. The number of rotatable bonds is 3. The van der Waals surface area contributed by atoms with E-state index in [0.29, 0.717) is 0 Å². The van der Waals surface area contributed by atoms with Crippen molar-refractivity contribution in [3.05, 3.63) is 28.9 Å². The van der Waals surface area contributed by atoms with Gasteiger partial charge >= 0.3 is 0 Å². The van der Waals surface area contributed by atoms with Gasteiger partial charge in [0.1, 0.15) is 0 Å². The second-order valence-corrected chi connectivity index (χ2v) is 6.94. The maximum absolute atomic E-state index is 6.05. The van der Waals surface area contributed by atoms with Crippen molar-refractivity contribution in [2.45, 2.75) is 19.8 Å². The summed E-state index contributed by atoms with van der Waals surface area (Å²) in [4.78, 5) is 4.51. The molecule has 4 nitrogen and oxygen atoms in total. The third-order valence-corrected chi connectivity index (χ3v) is 4.69. The third kappa shape index (κ3) is 3.14. The van der Waals surface area contributed by atoms with Crippen molar-refractivity contribution in [2.75, 3.05) is 30.8 Å². The van der Waals surface area contributed by atoms with E-state index in [2.05, 4.69) is 33.2 Å². The Labute approximate surface area is 133 Å². The van der Waals surface area contributed by atoms with E-state index >= 15 is 0 Å². The van der Waals surface area contributed by atoms with Crippen LogP contribution in [-0.4, -0.2) is 24.7 Å². The van der Waals surface area contributed by atoms with Gasteiger partial charge in [0.15, 0.2) is 0 Å². The first kappa shape index (κ1) is 14.6. The highest BCUT2D eigenvalue weighted by Crippen LogP contribution is 2.33. The van der Waals surface area contributed by atoms with E-state index in [1.54, 1.807) is 0 Å². The average Bonchev–Trinajstić information content (AvgIpc) is 2.48. The van der Waals surface area contributed by atoms with Crippen molar-refractivity contribution in [1.82, 2.24) is 4.98 Å². The second kappa shape index (κ2) is 5.81. The molecule has 0 spiro atoms. The molecule has 0 radical (unpaired) electrons. The molecule has 1 aromatic heterocycles. The van der Waals surface area contributed by atoms with Gasteiger partial charge in [-0.25, -0.2) is 0 Å². The number of halogens is 1. The summed E-state index contributed by atoms with van der Waals surface area (Å²) >= 11 is 3.45. The number of nitrogens with zero attached hydrogens (tertiary/aromatic N) is 1. The number of pyridine rings is 1. The molecule has 0 unspecified atom stereocenters. The van der Waals surface area contributed by atoms with Gasteiger partial charge in [-0.2, -0.15) is 0 Å². The van der Waals surface area contributed by atoms with E-state index in [-0.39, 0.29) is 5.41 Å². The van der Waals surface area contributed by atoms with E-state index < -0.39 is 0 Å². The first-order valence-electron chi connectivity index (χ1n) is 7.23. The molecule has 2 heterocycles. The van der Waals surface area contributed by atoms with Gasteiger partial charge in [-0.05, 0) is 52.4 Å². The molecular weight excluding hydrogens is 330 g/mol. The van der Waals surface area contributed by atoms with Crippen LogP contribution >= 0.6 is 15.9 Å². The van der Waals surface area contributed by atoms with Gasteiger partial charge in [0.2, 0.25) is 0 Å². The minimum absolute atomic E-state index is 0.279. The molecule has 5 heteroatoms. The number of nitrogen functional groups attached to an aromatic ring is 1. The highest BCUT2D eigenvalue weighted by molar-refractivity contribution is 9.10. The quantitative estimate of drug-likeness (QED) is 0.827. The van der Waals surface area contributed by atoms with Crippen molar-refractivity contribution in [3.8, 4) is 0 Å². The minimum atomic E-state index is 0.279. The van der Waals surface area contributed by atoms with Gasteiger partial charge in [0.05, 0.1) is 11.2 Å². The van der Waals surface area contributed by atoms with Gasteiger partial charge in [0.25, 0.3) is 0 Å². The summed E-state index contributed by atoms with van der Waals surface area (Å²) in [5, 5.41) is 4.53. The molecule has 1 aromatic carbocycles. The zero-order valence-electron chi connectivity index (χ0n) is 12.2. The van der Waals surface area contributed by atoms with Crippen LogP contribution in [0.5, 0.6) is 0 Å². The summed E-state index contributed by atoms with van der Waals surface area (Å²) < 4.78 is 6.39. The van der Waals surface area contributed by atoms with Gasteiger partial charge in [0, 0.05) is 41.5 Å². The Kier molecular flexibility index (Phi) is 4.04. The predicted octanol–water partition coefficient (Wildman–Crippen LogP) is 3.81. The second-order valence-electron chi connectivity index (χ2n) is 6.03. The molecule has 0 saturated carbocycles. The minimum Gasteiger partial charge on any atom is -0.398 e.